The molecule has 1 saturated carbocycles. The summed E-state index contributed by atoms with van der Waals surface area (Å²) in [5, 5.41) is 13.5. The summed E-state index contributed by atoms with van der Waals surface area (Å²) in [4.78, 5) is 2.46. The maximum atomic E-state index is 4.56. The molecule has 2 aliphatic rings. The highest BCUT2D eigenvalue weighted by Gasteiger charge is 2.25. The van der Waals surface area contributed by atoms with Crippen molar-refractivity contribution in [3.8, 4) is 0 Å². The minimum absolute atomic E-state index is 0.617. The first-order valence-electron chi connectivity index (χ1n) is 9.56. The number of nitrogens with zero attached hydrogens (tertiary/aromatic N) is 6. The molecule has 6 nitrogen and oxygen atoms in total. The van der Waals surface area contributed by atoms with E-state index in [-0.39, 0.29) is 0 Å². The molecular weight excluding hydrogens is 324 g/mol. The van der Waals surface area contributed by atoms with E-state index in [2.05, 4.69) is 65.8 Å². The molecule has 6 heteroatoms. The van der Waals surface area contributed by atoms with Gasteiger partial charge in [-0.15, -0.1) is 10.2 Å². The fourth-order valence-corrected chi connectivity index (χ4v) is 3.97. The summed E-state index contributed by atoms with van der Waals surface area (Å²) in [6, 6.07) is 13.3. The SMILES string of the molecule is c1ccc(Cc2nnc3n2CCN(Cc2ccnn2C2CCC2)C3)cc1. The summed E-state index contributed by atoms with van der Waals surface area (Å²) in [6.45, 7) is 3.79. The molecule has 0 amide bonds. The molecule has 2 aromatic heterocycles. The average Bonchev–Trinajstić information content (AvgIpc) is 3.22. The van der Waals surface area contributed by atoms with Gasteiger partial charge in [-0.1, -0.05) is 30.3 Å². The lowest BCUT2D eigenvalue weighted by molar-refractivity contribution is 0.192. The zero-order valence-corrected chi connectivity index (χ0v) is 15.0. The second-order valence-electron chi connectivity index (χ2n) is 7.41. The van der Waals surface area contributed by atoms with Crippen LogP contribution in [0.5, 0.6) is 0 Å². The van der Waals surface area contributed by atoms with E-state index in [1.54, 1.807) is 0 Å². The Morgan fingerprint density at radius 2 is 1.88 bits per heavy atom. The third kappa shape index (κ3) is 2.94. The summed E-state index contributed by atoms with van der Waals surface area (Å²) in [5.74, 6) is 2.15. The molecule has 0 N–H and O–H groups in total. The van der Waals surface area contributed by atoms with E-state index >= 15 is 0 Å². The van der Waals surface area contributed by atoms with Gasteiger partial charge in [0, 0.05) is 32.3 Å². The van der Waals surface area contributed by atoms with Crippen molar-refractivity contribution in [2.24, 2.45) is 0 Å². The van der Waals surface area contributed by atoms with Crippen LogP contribution in [0.25, 0.3) is 0 Å². The van der Waals surface area contributed by atoms with Gasteiger partial charge in [0.15, 0.2) is 0 Å². The second-order valence-corrected chi connectivity index (χ2v) is 7.41. The van der Waals surface area contributed by atoms with E-state index in [9.17, 15) is 0 Å². The average molecular weight is 348 g/mol. The second kappa shape index (κ2) is 6.68. The van der Waals surface area contributed by atoms with Crippen LogP contribution in [0.3, 0.4) is 0 Å². The van der Waals surface area contributed by atoms with Gasteiger partial charge in [0.1, 0.15) is 11.6 Å². The van der Waals surface area contributed by atoms with E-state index < -0.39 is 0 Å². The Kier molecular flexibility index (Phi) is 4.05. The van der Waals surface area contributed by atoms with Crippen molar-refractivity contribution >= 4 is 0 Å². The van der Waals surface area contributed by atoms with Gasteiger partial charge in [0.2, 0.25) is 0 Å². The van der Waals surface area contributed by atoms with Crippen LogP contribution >= 0.6 is 0 Å². The van der Waals surface area contributed by atoms with Gasteiger partial charge in [-0.25, -0.2) is 0 Å². The molecule has 0 bridgehead atoms. The van der Waals surface area contributed by atoms with Crippen LogP contribution in [0.4, 0.5) is 0 Å². The maximum Gasteiger partial charge on any atom is 0.147 e. The lowest BCUT2D eigenvalue weighted by atomic mass is 9.93. The first-order valence-corrected chi connectivity index (χ1v) is 9.56. The van der Waals surface area contributed by atoms with Gasteiger partial charge in [0.25, 0.3) is 0 Å². The summed E-state index contributed by atoms with van der Waals surface area (Å²) in [5.41, 5.74) is 2.61. The minimum Gasteiger partial charge on any atom is -0.312 e. The predicted molar refractivity (Wildman–Crippen MR) is 98.5 cm³/mol. The summed E-state index contributed by atoms with van der Waals surface area (Å²) < 4.78 is 4.54. The molecule has 0 atom stereocenters. The van der Waals surface area contributed by atoms with Crippen molar-refractivity contribution < 1.29 is 0 Å². The van der Waals surface area contributed by atoms with E-state index in [4.69, 9.17) is 0 Å². The lowest BCUT2D eigenvalue weighted by Gasteiger charge is -2.31. The molecule has 3 heterocycles. The maximum absolute atomic E-state index is 4.56. The smallest absolute Gasteiger partial charge is 0.147 e. The van der Waals surface area contributed by atoms with Gasteiger partial charge >= 0.3 is 0 Å². The summed E-state index contributed by atoms with van der Waals surface area (Å²) >= 11 is 0. The third-order valence-electron chi connectivity index (χ3n) is 5.67. The zero-order valence-electron chi connectivity index (χ0n) is 15.0. The summed E-state index contributed by atoms with van der Waals surface area (Å²) in [6.07, 6.45) is 6.67. The first kappa shape index (κ1) is 15.8. The number of hydrogen-bond donors (Lipinski definition) is 0. The number of rotatable bonds is 5. The molecule has 1 aliphatic carbocycles. The Bertz CT molecular complexity index is 877. The Morgan fingerprint density at radius 3 is 2.69 bits per heavy atom. The van der Waals surface area contributed by atoms with Gasteiger partial charge in [-0.05, 0) is 30.9 Å². The standard InChI is InChI=1S/C20H24N6/c1-2-5-16(6-3-1)13-19-22-23-20-15-24(11-12-25(19)20)14-18-9-10-21-26(18)17-7-4-8-17/h1-3,5-6,9-10,17H,4,7-8,11-15H2. The van der Waals surface area contributed by atoms with E-state index in [1.165, 1.54) is 30.5 Å². The normalized spacial score (nSPS) is 17.8. The Balaban J connectivity index is 1.28. The molecular formula is C20H24N6. The van der Waals surface area contributed by atoms with Gasteiger partial charge in [-0.2, -0.15) is 5.10 Å². The molecule has 1 aromatic carbocycles. The lowest BCUT2D eigenvalue weighted by Crippen LogP contribution is -2.35. The highest BCUT2D eigenvalue weighted by Crippen LogP contribution is 2.32. The van der Waals surface area contributed by atoms with Crippen LogP contribution < -0.4 is 0 Å². The van der Waals surface area contributed by atoms with Crippen LogP contribution in [0, 0.1) is 0 Å². The third-order valence-corrected chi connectivity index (χ3v) is 5.67. The fourth-order valence-electron chi connectivity index (χ4n) is 3.97. The highest BCUT2D eigenvalue weighted by atomic mass is 15.4. The first-order chi connectivity index (χ1) is 12.9. The van der Waals surface area contributed by atoms with E-state index in [1.807, 2.05) is 6.20 Å². The number of hydrogen-bond acceptors (Lipinski definition) is 4. The largest absolute Gasteiger partial charge is 0.312 e. The molecule has 1 aliphatic heterocycles. The molecule has 1 fully saturated rings. The van der Waals surface area contributed by atoms with Crippen LogP contribution in [0.2, 0.25) is 0 Å². The van der Waals surface area contributed by atoms with E-state index in [0.717, 1.165) is 44.2 Å². The van der Waals surface area contributed by atoms with Crippen molar-refractivity contribution in [3.05, 3.63) is 65.5 Å². The van der Waals surface area contributed by atoms with Crippen molar-refractivity contribution in [2.45, 2.75) is 51.4 Å². The fraction of sp³-hybridized carbons (Fsp3) is 0.450. The molecule has 134 valence electrons. The molecule has 5 rings (SSSR count). The minimum atomic E-state index is 0.617. The number of benzene rings is 1. The van der Waals surface area contributed by atoms with Crippen molar-refractivity contribution in [1.82, 2.24) is 29.4 Å². The van der Waals surface area contributed by atoms with E-state index in [0.29, 0.717) is 6.04 Å². The van der Waals surface area contributed by atoms with Crippen LogP contribution in [-0.4, -0.2) is 36.0 Å². The number of aromatic nitrogens is 5. The quantitative estimate of drug-likeness (QED) is 0.711. The molecule has 0 saturated heterocycles. The Labute approximate surface area is 153 Å². The molecule has 0 radical (unpaired) electrons. The Hall–Kier alpha value is -2.47. The van der Waals surface area contributed by atoms with Gasteiger partial charge in [-0.3, -0.25) is 9.58 Å². The van der Waals surface area contributed by atoms with Gasteiger partial charge in [0.05, 0.1) is 18.3 Å². The van der Waals surface area contributed by atoms with Crippen molar-refractivity contribution in [1.29, 1.82) is 0 Å². The molecule has 3 aromatic rings. The highest BCUT2D eigenvalue weighted by molar-refractivity contribution is 5.19. The molecule has 0 spiro atoms. The molecule has 26 heavy (non-hydrogen) atoms. The van der Waals surface area contributed by atoms with Crippen molar-refractivity contribution in [2.75, 3.05) is 6.54 Å². The van der Waals surface area contributed by atoms with Crippen LogP contribution in [-0.2, 0) is 26.1 Å². The Morgan fingerprint density at radius 1 is 1.00 bits per heavy atom. The van der Waals surface area contributed by atoms with Crippen LogP contribution in [0.15, 0.2) is 42.6 Å². The number of fused-ring (bicyclic) bond motifs is 1. The summed E-state index contributed by atoms with van der Waals surface area (Å²) in [7, 11) is 0. The monoisotopic (exact) mass is 348 g/mol. The van der Waals surface area contributed by atoms with Crippen molar-refractivity contribution in [3.63, 3.8) is 0 Å². The van der Waals surface area contributed by atoms with Crippen LogP contribution in [0.1, 0.15) is 48.2 Å². The molecule has 0 unspecified atom stereocenters. The predicted octanol–water partition coefficient (Wildman–Crippen LogP) is 2.81. The zero-order chi connectivity index (χ0) is 17.3. The topological polar surface area (TPSA) is 51.8 Å². The van der Waals surface area contributed by atoms with Gasteiger partial charge < -0.3 is 4.57 Å².